The highest BCUT2D eigenvalue weighted by Crippen LogP contribution is 2.34. The van der Waals surface area contributed by atoms with Crippen LogP contribution in [0.2, 0.25) is 0 Å². The summed E-state index contributed by atoms with van der Waals surface area (Å²) >= 11 is 1.80. The molecule has 0 aliphatic carbocycles. The first-order valence-corrected chi connectivity index (χ1v) is 7.56. The molecular weight excluding hydrogens is 254 g/mol. The van der Waals surface area contributed by atoms with E-state index >= 15 is 0 Å². The molecule has 1 aromatic carbocycles. The molecule has 0 fully saturated rings. The summed E-state index contributed by atoms with van der Waals surface area (Å²) in [7, 11) is 0. The van der Waals surface area contributed by atoms with Crippen LogP contribution in [0.5, 0.6) is 0 Å². The highest BCUT2D eigenvalue weighted by Gasteiger charge is 2.23. The van der Waals surface area contributed by atoms with Crippen LogP contribution in [-0.4, -0.2) is 14.5 Å². The summed E-state index contributed by atoms with van der Waals surface area (Å²) in [6.07, 6.45) is 1.08. The van der Waals surface area contributed by atoms with Crippen LogP contribution in [0.1, 0.15) is 23.7 Å². The summed E-state index contributed by atoms with van der Waals surface area (Å²) in [5, 5.41) is 1.13. The molecule has 0 atom stereocenters. The largest absolute Gasteiger partial charge is 0.322 e. The van der Waals surface area contributed by atoms with E-state index in [1.807, 2.05) is 19.9 Å². The maximum absolute atomic E-state index is 4.72. The van der Waals surface area contributed by atoms with Crippen LogP contribution in [0.3, 0.4) is 0 Å². The van der Waals surface area contributed by atoms with Gasteiger partial charge in [-0.25, -0.2) is 9.97 Å². The van der Waals surface area contributed by atoms with Gasteiger partial charge in [0.2, 0.25) is 0 Å². The topological polar surface area (TPSA) is 30.7 Å². The van der Waals surface area contributed by atoms with Crippen LogP contribution < -0.4 is 0 Å². The Balaban J connectivity index is 0.000000528. The molecule has 3 heterocycles. The molecule has 0 unspecified atom stereocenters. The lowest BCUT2D eigenvalue weighted by atomic mass is 10.2. The average molecular weight is 271 g/mol. The molecule has 2 aromatic heterocycles. The van der Waals surface area contributed by atoms with Crippen molar-refractivity contribution in [2.24, 2.45) is 0 Å². The minimum atomic E-state index is 1.02. The van der Waals surface area contributed by atoms with Crippen molar-refractivity contribution < 1.29 is 0 Å². The zero-order valence-corrected chi connectivity index (χ0v) is 12.3. The second-order valence-electron chi connectivity index (χ2n) is 4.33. The lowest BCUT2D eigenvalue weighted by molar-refractivity contribution is 0.706. The number of para-hydroxylation sites is 2. The van der Waals surface area contributed by atoms with E-state index in [4.69, 9.17) is 4.98 Å². The van der Waals surface area contributed by atoms with Crippen molar-refractivity contribution in [2.45, 2.75) is 33.7 Å². The fourth-order valence-electron chi connectivity index (χ4n) is 2.51. The molecule has 0 bridgehead atoms. The van der Waals surface area contributed by atoms with Gasteiger partial charge in [0.25, 0.3) is 0 Å². The third-order valence-corrected chi connectivity index (χ3v) is 4.26. The molecule has 0 amide bonds. The van der Waals surface area contributed by atoms with Gasteiger partial charge in [-0.3, -0.25) is 0 Å². The highest BCUT2D eigenvalue weighted by molar-refractivity contribution is 7.12. The molecule has 0 saturated carbocycles. The fraction of sp³-hybridized carbons (Fsp3) is 0.333. The Kier molecular flexibility index (Phi) is 3.11. The number of aryl methyl sites for hydroxylation is 3. The van der Waals surface area contributed by atoms with Crippen molar-refractivity contribution in [3.05, 3.63) is 34.2 Å². The Hall–Kier alpha value is -1.68. The van der Waals surface area contributed by atoms with Gasteiger partial charge >= 0.3 is 0 Å². The third kappa shape index (κ3) is 1.87. The predicted octanol–water partition coefficient (Wildman–Crippen LogP) is 4.05. The quantitative estimate of drug-likeness (QED) is 0.617. The molecule has 0 radical (unpaired) electrons. The first-order valence-electron chi connectivity index (χ1n) is 6.75. The van der Waals surface area contributed by atoms with Gasteiger partial charge in [0.15, 0.2) is 5.82 Å². The summed E-state index contributed by atoms with van der Waals surface area (Å²) in [5.74, 6) is 1.04. The minimum absolute atomic E-state index is 1.02. The normalized spacial score (nSPS) is 12.6. The molecule has 98 valence electrons. The molecule has 0 saturated heterocycles. The molecular formula is C15H17N3S. The van der Waals surface area contributed by atoms with Gasteiger partial charge in [-0.1, -0.05) is 26.0 Å². The van der Waals surface area contributed by atoms with Gasteiger partial charge < -0.3 is 4.57 Å². The smallest absolute Gasteiger partial charge is 0.160 e. The Morgan fingerprint density at radius 2 is 1.95 bits per heavy atom. The summed E-state index contributed by atoms with van der Waals surface area (Å²) in [4.78, 5) is 10.7. The van der Waals surface area contributed by atoms with E-state index in [9.17, 15) is 0 Å². The van der Waals surface area contributed by atoms with E-state index in [-0.39, 0.29) is 0 Å². The molecule has 4 heteroatoms. The zero-order valence-electron chi connectivity index (χ0n) is 11.5. The number of thiazole rings is 1. The molecule has 19 heavy (non-hydrogen) atoms. The summed E-state index contributed by atoms with van der Waals surface area (Å²) in [6.45, 7) is 7.08. The van der Waals surface area contributed by atoms with Gasteiger partial charge in [0, 0.05) is 17.8 Å². The second-order valence-corrected chi connectivity index (χ2v) is 5.62. The number of hydrogen-bond acceptors (Lipinski definition) is 3. The Morgan fingerprint density at radius 3 is 2.79 bits per heavy atom. The number of rotatable bonds is 0. The first kappa shape index (κ1) is 12.4. The lowest BCUT2D eigenvalue weighted by Gasteiger charge is -2.13. The van der Waals surface area contributed by atoms with Crippen LogP contribution in [0.25, 0.3) is 22.6 Å². The van der Waals surface area contributed by atoms with Crippen molar-refractivity contribution >= 4 is 22.4 Å². The number of hydrogen-bond donors (Lipinski definition) is 0. The summed E-state index contributed by atoms with van der Waals surface area (Å²) < 4.78 is 2.29. The number of imidazole rings is 1. The monoisotopic (exact) mass is 271 g/mol. The van der Waals surface area contributed by atoms with Crippen LogP contribution in [0.4, 0.5) is 0 Å². The zero-order chi connectivity index (χ0) is 13.4. The fourth-order valence-corrected chi connectivity index (χ4v) is 3.43. The van der Waals surface area contributed by atoms with Crippen molar-refractivity contribution in [3.8, 4) is 11.5 Å². The number of benzene rings is 1. The molecule has 3 aromatic rings. The molecule has 3 nitrogen and oxygen atoms in total. The van der Waals surface area contributed by atoms with Crippen molar-refractivity contribution in [1.29, 1.82) is 0 Å². The number of fused-ring (bicyclic) bond motifs is 5. The van der Waals surface area contributed by atoms with Gasteiger partial charge in [0.05, 0.1) is 16.0 Å². The lowest BCUT2D eigenvalue weighted by Crippen LogP contribution is -2.09. The maximum Gasteiger partial charge on any atom is 0.160 e. The average Bonchev–Trinajstić information content (AvgIpc) is 3.00. The first-order chi connectivity index (χ1) is 9.33. The summed E-state index contributed by atoms with van der Waals surface area (Å²) in [5.41, 5.74) is 3.38. The van der Waals surface area contributed by atoms with E-state index in [1.54, 1.807) is 11.3 Å². The summed E-state index contributed by atoms with van der Waals surface area (Å²) in [6, 6.07) is 8.31. The van der Waals surface area contributed by atoms with Crippen molar-refractivity contribution in [1.82, 2.24) is 14.5 Å². The highest BCUT2D eigenvalue weighted by atomic mass is 32.1. The van der Waals surface area contributed by atoms with Crippen LogP contribution in [0.15, 0.2) is 24.3 Å². The van der Waals surface area contributed by atoms with Crippen molar-refractivity contribution in [3.63, 3.8) is 0 Å². The Bertz CT molecular complexity index is 724. The molecule has 0 spiro atoms. The van der Waals surface area contributed by atoms with Gasteiger partial charge in [-0.05, 0) is 19.1 Å². The molecule has 1 aliphatic heterocycles. The second kappa shape index (κ2) is 4.78. The van der Waals surface area contributed by atoms with E-state index in [2.05, 4.69) is 34.7 Å². The Labute approximate surface area is 116 Å². The van der Waals surface area contributed by atoms with E-state index in [1.165, 1.54) is 10.4 Å². The number of nitrogens with zero attached hydrogens (tertiary/aromatic N) is 3. The minimum Gasteiger partial charge on any atom is -0.322 e. The molecule has 1 aliphatic rings. The van der Waals surface area contributed by atoms with Crippen LogP contribution in [-0.2, 0) is 13.0 Å². The number of aromatic nitrogens is 3. The van der Waals surface area contributed by atoms with Crippen LogP contribution in [0, 0.1) is 6.92 Å². The molecule has 0 N–H and O–H groups in total. The standard InChI is InChI=1S/C13H11N3S.C2H6/c1-8-14-12-11(17-8)6-7-16-10-5-3-2-4-9(10)15-13(12)16;1-2/h2-5H,6-7H2,1H3;1-2H3. The van der Waals surface area contributed by atoms with Gasteiger partial charge in [-0.2, -0.15) is 0 Å². The van der Waals surface area contributed by atoms with Gasteiger partial charge in [0.1, 0.15) is 5.69 Å². The maximum atomic E-state index is 4.72. The SMILES string of the molecule is CC.Cc1nc2c(s1)CCn1c-2nc2ccccc21. The Morgan fingerprint density at radius 1 is 1.16 bits per heavy atom. The molecule has 4 rings (SSSR count). The van der Waals surface area contributed by atoms with E-state index < -0.39 is 0 Å². The predicted molar refractivity (Wildman–Crippen MR) is 80.6 cm³/mol. The van der Waals surface area contributed by atoms with Crippen molar-refractivity contribution in [2.75, 3.05) is 0 Å². The van der Waals surface area contributed by atoms with E-state index in [0.717, 1.165) is 35.0 Å². The third-order valence-electron chi connectivity index (χ3n) is 3.23. The van der Waals surface area contributed by atoms with E-state index in [0.29, 0.717) is 0 Å². The van der Waals surface area contributed by atoms with Crippen LogP contribution >= 0.6 is 11.3 Å². The van der Waals surface area contributed by atoms with Gasteiger partial charge in [-0.15, -0.1) is 11.3 Å².